The molecule has 210 valence electrons. The molecule has 0 aliphatic carbocycles. The fraction of sp³-hybridized carbons (Fsp3) is 0.321. The maximum atomic E-state index is 13.8. The van der Waals surface area contributed by atoms with Crippen LogP contribution < -0.4 is 15.2 Å². The Morgan fingerprint density at radius 1 is 1.00 bits per heavy atom. The average molecular weight is 594 g/mol. The standard InChI is InChI=1S/C26H28Cl2N4O4S.C2H6/c1-16-14-31(24-9-6-17(2)29-30-24)23-8-7-20(13-22(16)23)32(15-25(33)36-26(3,4)5)37(34,35)21-11-18(27)10-19(28)12-21;1-2/h6-14,29-30H,15H2,1-5H3;1-2H3. The van der Waals surface area contributed by atoms with E-state index in [1.807, 2.05) is 56.7 Å². The van der Waals surface area contributed by atoms with Crippen LogP contribution in [0.4, 0.5) is 5.69 Å². The molecule has 4 rings (SSSR count). The smallest absolute Gasteiger partial charge is 0.327 e. The number of ether oxygens (including phenoxy) is 1. The van der Waals surface area contributed by atoms with Gasteiger partial charge in [-0.25, -0.2) is 8.42 Å². The first kappa shape index (κ1) is 30.4. The van der Waals surface area contributed by atoms with Crippen LogP contribution in [-0.4, -0.2) is 31.1 Å². The van der Waals surface area contributed by atoms with Crippen LogP contribution in [0.15, 0.2) is 65.3 Å². The van der Waals surface area contributed by atoms with E-state index in [1.165, 1.54) is 18.2 Å². The monoisotopic (exact) mass is 592 g/mol. The summed E-state index contributed by atoms with van der Waals surface area (Å²) < 4.78 is 36.0. The van der Waals surface area contributed by atoms with Crippen molar-refractivity contribution in [2.75, 3.05) is 10.8 Å². The Labute approximate surface area is 240 Å². The van der Waals surface area contributed by atoms with Crippen molar-refractivity contribution >= 4 is 61.6 Å². The van der Waals surface area contributed by atoms with Gasteiger partial charge in [-0.15, -0.1) is 0 Å². The maximum absolute atomic E-state index is 13.8. The summed E-state index contributed by atoms with van der Waals surface area (Å²) in [4.78, 5) is 12.7. The van der Waals surface area contributed by atoms with Crippen molar-refractivity contribution in [3.8, 4) is 0 Å². The number of sulfonamides is 1. The molecule has 2 N–H and O–H groups in total. The highest BCUT2D eigenvalue weighted by Gasteiger charge is 2.30. The summed E-state index contributed by atoms with van der Waals surface area (Å²) >= 11 is 12.2. The Kier molecular flexibility index (Phi) is 9.31. The number of halogens is 2. The van der Waals surface area contributed by atoms with E-state index in [0.29, 0.717) is 5.69 Å². The molecule has 0 saturated carbocycles. The van der Waals surface area contributed by atoms with E-state index in [2.05, 4.69) is 10.9 Å². The quantitative estimate of drug-likeness (QED) is 0.312. The summed E-state index contributed by atoms with van der Waals surface area (Å²) in [5, 5.41) is 1.15. The molecule has 0 spiro atoms. The third-order valence-electron chi connectivity index (χ3n) is 5.53. The van der Waals surface area contributed by atoms with Gasteiger partial charge in [0, 0.05) is 27.3 Å². The summed E-state index contributed by atoms with van der Waals surface area (Å²) in [6.45, 7) is 12.5. The molecule has 2 aromatic carbocycles. The van der Waals surface area contributed by atoms with Crippen molar-refractivity contribution in [1.82, 2.24) is 15.4 Å². The van der Waals surface area contributed by atoms with E-state index in [1.54, 1.807) is 32.9 Å². The summed E-state index contributed by atoms with van der Waals surface area (Å²) in [6, 6.07) is 9.26. The SMILES string of the molecule is CC.CC1=CC=C(n2cc(C)c3cc(N(CC(=O)OC(C)(C)C)S(=O)(=O)c4cc(Cl)cc(Cl)c4)ccc32)NN1. The van der Waals surface area contributed by atoms with Gasteiger partial charge >= 0.3 is 5.97 Å². The second-order valence-corrected chi connectivity index (χ2v) is 12.5. The van der Waals surface area contributed by atoms with Crippen molar-refractivity contribution in [3.05, 3.63) is 76.1 Å². The van der Waals surface area contributed by atoms with E-state index in [0.717, 1.165) is 32.3 Å². The molecule has 1 aromatic heterocycles. The van der Waals surface area contributed by atoms with Crippen LogP contribution in [-0.2, 0) is 19.6 Å². The Hall–Kier alpha value is -3.14. The van der Waals surface area contributed by atoms with Crippen LogP contribution in [0.3, 0.4) is 0 Å². The molecule has 1 aliphatic rings. The van der Waals surface area contributed by atoms with Gasteiger partial charge < -0.3 is 14.7 Å². The molecule has 8 nitrogen and oxygen atoms in total. The van der Waals surface area contributed by atoms with E-state index in [4.69, 9.17) is 27.9 Å². The first-order chi connectivity index (χ1) is 18.2. The van der Waals surface area contributed by atoms with E-state index < -0.39 is 28.1 Å². The van der Waals surface area contributed by atoms with Gasteiger partial charge in [-0.05, 0) is 88.7 Å². The first-order valence-electron chi connectivity index (χ1n) is 12.5. The summed E-state index contributed by atoms with van der Waals surface area (Å²) in [7, 11) is -4.24. The predicted octanol–water partition coefficient (Wildman–Crippen LogP) is 6.63. The predicted molar refractivity (Wildman–Crippen MR) is 159 cm³/mol. The molecule has 39 heavy (non-hydrogen) atoms. The number of hydrazine groups is 1. The number of hydrogen-bond acceptors (Lipinski definition) is 6. The molecule has 0 bridgehead atoms. The van der Waals surface area contributed by atoms with Gasteiger partial charge in [-0.1, -0.05) is 37.0 Å². The molecule has 0 unspecified atom stereocenters. The van der Waals surface area contributed by atoms with Gasteiger partial charge in [0.2, 0.25) is 0 Å². The van der Waals surface area contributed by atoms with Gasteiger partial charge in [0.25, 0.3) is 10.0 Å². The lowest BCUT2D eigenvalue weighted by Crippen LogP contribution is -2.39. The van der Waals surface area contributed by atoms with Crippen molar-refractivity contribution in [2.45, 2.75) is 59.0 Å². The van der Waals surface area contributed by atoms with Gasteiger partial charge in [0.15, 0.2) is 0 Å². The lowest BCUT2D eigenvalue weighted by molar-refractivity contribution is -0.152. The minimum Gasteiger partial charge on any atom is -0.459 e. The third kappa shape index (κ3) is 7.09. The number of carbonyl (C=O) groups excluding carboxylic acids is 1. The largest absolute Gasteiger partial charge is 0.459 e. The number of benzene rings is 2. The number of aromatic nitrogens is 1. The van der Waals surface area contributed by atoms with E-state index in [-0.39, 0.29) is 14.9 Å². The average Bonchev–Trinajstić information content (AvgIpc) is 3.18. The van der Waals surface area contributed by atoms with Crippen LogP contribution in [0.1, 0.15) is 47.1 Å². The van der Waals surface area contributed by atoms with Gasteiger partial charge in [0.1, 0.15) is 18.0 Å². The van der Waals surface area contributed by atoms with Crippen LogP contribution in [0, 0.1) is 6.92 Å². The topological polar surface area (TPSA) is 92.7 Å². The number of aryl methyl sites for hydroxylation is 1. The zero-order valence-corrected chi connectivity index (χ0v) is 25.4. The minimum absolute atomic E-state index is 0.132. The Balaban J connectivity index is 0.00000205. The lowest BCUT2D eigenvalue weighted by atomic mass is 10.1. The highest BCUT2D eigenvalue weighted by molar-refractivity contribution is 7.92. The number of nitrogens with one attached hydrogen (secondary N) is 2. The Morgan fingerprint density at radius 2 is 1.64 bits per heavy atom. The minimum atomic E-state index is -4.24. The highest BCUT2D eigenvalue weighted by Crippen LogP contribution is 2.33. The van der Waals surface area contributed by atoms with Gasteiger partial charge in [0.05, 0.1) is 16.1 Å². The summed E-state index contributed by atoms with van der Waals surface area (Å²) in [5.74, 6) is 0.117. The summed E-state index contributed by atoms with van der Waals surface area (Å²) in [6.07, 6.45) is 5.85. The van der Waals surface area contributed by atoms with Crippen molar-refractivity contribution in [1.29, 1.82) is 0 Å². The normalized spacial score (nSPS) is 13.4. The van der Waals surface area contributed by atoms with E-state index in [9.17, 15) is 13.2 Å². The molecule has 1 aliphatic heterocycles. The number of esters is 1. The number of hydrogen-bond donors (Lipinski definition) is 2. The Morgan fingerprint density at radius 3 is 2.21 bits per heavy atom. The fourth-order valence-electron chi connectivity index (χ4n) is 3.94. The summed E-state index contributed by atoms with van der Waals surface area (Å²) in [5.41, 5.74) is 8.50. The number of fused-ring (bicyclic) bond motifs is 1. The lowest BCUT2D eigenvalue weighted by Gasteiger charge is -2.26. The van der Waals surface area contributed by atoms with Gasteiger partial charge in [-0.3, -0.25) is 14.5 Å². The van der Waals surface area contributed by atoms with Crippen LogP contribution in [0.5, 0.6) is 0 Å². The van der Waals surface area contributed by atoms with Crippen molar-refractivity contribution in [2.24, 2.45) is 0 Å². The highest BCUT2D eigenvalue weighted by atomic mass is 35.5. The van der Waals surface area contributed by atoms with Gasteiger partial charge in [-0.2, -0.15) is 0 Å². The van der Waals surface area contributed by atoms with E-state index >= 15 is 0 Å². The zero-order chi connectivity index (χ0) is 29.1. The molecule has 3 aromatic rings. The van der Waals surface area contributed by atoms with Crippen LogP contribution in [0.2, 0.25) is 10.0 Å². The van der Waals surface area contributed by atoms with Crippen molar-refractivity contribution < 1.29 is 17.9 Å². The number of allylic oxidation sites excluding steroid dienone is 3. The molecular weight excluding hydrogens is 559 g/mol. The van der Waals surface area contributed by atoms with Crippen LogP contribution >= 0.6 is 23.2 Å². The van der Waals surface area contributed by atoms with Crippen LogP contribution in [0.25, 0.3) is 16.7 Å². The maximum Gasteiger partial charge on any atom is 0.327 e. The molecular formula is C28H34Cl2N4O4S. The molecule has 0 radical (unpaired) electrons. The fourth-order valence-corrected chi connectivity index (χ4v) is 6.07. The number of carbonyl (C=O) groups is 1. The molecule has 0 fully saturated rings. The molecule has 0 amide bonds. The first-order valence-corrected chi connectivity index (χ1v) is 14.7. The zero-order valence-electron chi connectivity index (χ0n) is 23.1. The number of rotatable bonds is 6. The number of nitrogens with zero attached hydrogens (tertiary/aromatic N) is 2. The third-order valence-corrected chi connectivity index (χ3v) is 7.72. The molecule has 0 atom stereocenters. The van der Waals surface area contributed by atoms with Crippen molar-refractivity contribution in [3.63, 3.8) is 0 Å². The second-order valence-electron chi connectivity index (χ2n) is 9.74. The molecule has 0 saturated heterocycles. The Bertz CT molecular complexity index is 1530. The molecule has 2 heterocycles. The second kappa shape index (κ2) is 11.9. The molecule has 11 heteroatoms. The number of anilines is 1.